The molecule has 0 amide bonds. The Balaban J connectivity index is 1.63. The molecular formula is C22H22N6O2+2. The molecule has 0 saturated heterocycles. The topological polar surface area (TPSA) is 82.8 Å². The normalized spacial score (nSPS) is 11.6. The van der Waals surface area contributed by atoms with Crippen LogP contribution in [0.15, 0.2) is 95.8 Å². The molecule has 0 saturated carbocycles. The number of hydrogen-bond acceptors (Lipinski definition) is 4. The summed E-state index contributed by atoms with van der Waals surface area (Å²) in [6, 6.07) is 19.7. The van der Waals surface area contributed by atoms with Crippen LogP contribution in [0.25, 0.3) is 11.4 Å². The second-order valence-electron chi connectivity index (χ2n) is 6.60. The van der Waals surface area contributed by atoms with Crippen LogP contribution in [-0.4, -0.2) is 32.0 Å². The first kappa shape index (κ1) is 19.1. The molecule has 0 aliphatic heterocycles. The standard InChI is InChI=1S/C22H20N6O2/c29-23-17-21-25(13-15-27(21)19-7-3-1-4-8-19)11-12-26-14-16-28(22(26)18-24-30)20-9-5-2-6-10-20/h1-10,13-18H,11-12H2/p+2. The van der Waals surface area contributed by atoms with Crippen LogP contribution in [-0.2, 0) is 13.1 Å². The maximum Gasteiger partial charge on any atom is 0.308 e. The van der Waals surface area contributed by atoms with E-state index in [0.717, 1.165) is 23.0 Å². The SMILES string of the molecule is O/N=C/c1n(-c2ccccc2)cc[n+]1CC[n+]1ccn(-c2ccccc2)c1/C=N/O. The molecule has 2 N–H and O–H groups in total. The second-order valence-corrected chi connectivity index (χ2v) is 6.60. The zero-order valence-electron chi connectivity index (χ0n) is 16.2. The van der Waals surface area contributed by atoms with Crippen molar-refractivity contribution in [2.45, 2.75) is 13.1 Å². The first-order valence-corrected chi connectivity index (χ1v) is 9.49. The molecule has 2 heterocycles. The predicted molar refractivity (Wildman–Crippen MR) is 111 cm³/mol. The molecule has 0 radical (unpaired) electrons. The summed E-state index contributed by atoms with van der Waals surface area (Å²) >= 11 is 0. The summed E-state index contributed by atoms with van der Waals surface area (Å²) in [5.41, 5.74) is 1.95. The third-order valence-electron chi connectivity index (χ3n) is 4.87. The summed E-state index contributed by atoms with van der Waals surface area (Å²) in [6.45, 7) is 1.24. The van der Waals surface area contributed by atoms with Crippen molar-refractivity contribution in [3.05, 3.63) is 97.1 Å². The fraction of sp³-hybridized carbons (Fsp3) is 0.0909. The minimum Gasteiger partial charge on any atom is -0.411 e. The van der Waals surface area contributed by atoms with Gasteiger partial charge >= 0.3 is 11.6 Å². The number of nitrogens with zero attached hydrogens (tertiary/aromatic N) is 6. The molecule has 4 rings (SSSR count). The van der Waals surface area contributed by atoms with Crippen LogP contribution in [0.2, 0.25) is 0 Å². The number of aromatic nitrogens is 4. The lowest BCUT2D eigenvalue weighted by Gasteiger charge is -2.02. The summed E-state index contributed by atoms with van der Waals surface area (Å²) in [7, 11) is 0. The van der Waals surface area contributed by atoms with Gasteiger partial charge in [-0.05, 0) is 24.3 Å². The maximum absolute atomic E-state index is 9.15. The van der Waals surface area contributed by atoms with Crippen molar-refractivity contribution in [3.63, 3.8) is 0 Å². The Bertz CT molecular complexity index is 1070. The average molecular weight is 402 g/mol. The van der Waals surface area contributed by atoms with Crippen molar-refractivity contribution in [2.24, 2.45) is 10.3 Å². The molecule has 0 aliphatic carbocycles. The highest BCUT2D eigenvalue weighted by atomic mass is 16.4. The third kappa shape index (κ3) is 3.83. The zero-order valence-corrected chi connectivity index (χ0v) is 16.2. The molecule has 8 nitrogen and oxygen atoms in total. The van der Waals surface area contributed by atoms with Crippen molar-refractivity contribution in [2.75, 3.05) is 0 Å². The number of rotatable bonds is 7. The van der Waals surface area contributed by atoms with Crippen molar-refractivity contribution in [1.82, 2.24) is 9.13 Å². The van der Waals surface area contributed by atoms with Crippen LogP contribution < -0.4 is 9.13 Å². The summed E-state index contributed by atoms with van der Waals surface area (Å²) in [5.74, 6) is 1.48. The zero-order chi connectivity index (χ0) is 20.8. The van der Waals surface area contributed by atoms with E-state index in [1.165, 1.54) is 12.4 Å². The van der Waals surface area contributed by atoms with E-state index in [4.69, 9.17) is 10.4 Å². The minimum absolute atomic E-state index is 0.622. The van der Waals surface area contributed by atoms with Gasteiger partial charge in [-0.1, -0.05) is 46.7 Å². The molecule has 0 spiro atoms. The van der Waals surface area contributed by atoms with Crippen LogP contribution >= 0.6 is 0 Å². The van der Waals surface area contributed by atoms with Crippen molar-refractivity contribution < 1.29 is 19.5 Å². The lowest BCUT2D eigenvalue weighted by molar-refractivity contribution is -0.778. The molecule has 8 heteroatoms. The fourth-order valence-electron chi connectivity index (χ4n) is 3.46. The smallest absolute Gasteiger partial charge is 0.308 e. The van der Waals surface area contributed by atoms with Crippen molar-refractivity contribution in [1.29, 1.82) is 0 Å². The van der Waals surface area contributed by atoms with Gasteiger partial charge in [0.2, 0.25) is 0 Å². The number of imidazole rings is 2. The van der Waals surface area contributed by atoms with Crippen LogP contribution in [0.5, 0.6) is 0 Å². The van der Waals surface area contributed by atoms with Gasteiger partial charge in [0.25, 0.3) is 0 Å². The lowest BCUT2D eigenvalue weighted by Crippen LogP contribution is -2.47. The van der Waals surface area contributed by atoms with E-state index in [9.17, 15) is 0 Å². The van der Waals surface area contributed by atoms with E-state index in [1.54, 1.807) is 0 Å². The molecule has 4 aromatic rings. The average Bonchev–Trinajstić information content (AvgIpc) is 3.38. The number of oxime groups is 2. The Morgan fingerprint density at radius 3 is 1.43 bits per heavy atom. The summed E-state index contributed by atoms with van der Waals surface area (Å²) < 4.78 is 7.91. The van der Waals surface area contributed by atoms with E-state index in [0.29, 0.717) is 13.1 Å². The first-order valence-electron chi connectivity index (χ1n) is 9.49. The van der Waals surface area contributed by atoms with E-state index < -0.39 is 0 Å². The Kier molecular flexibility index (Phi) is 5.66. The van der Waals surface area contributed by atoms with Crippen LogP contribution in [0.3, 0.4) is 0 Å². The van der Waals surface area contributed by atoms with E-state index in [-0.39, 0.29) is 0 Å². The minimum atomic E-state index is 0.622. The van der Waals surface area contributed by atoms with E-state index in [2.05, 4.69) is 10.3 Å². The molecule has 0 atom stereocenters. The molecule has 30 heavy (non-hydrogen) atoms. The summed E-state index contributed by atoms with van der Waals surface area (Å²) in [4.78, 5) is 0. The van der Waals surface area contributed by atoms with Crippen LogP contribution in [0, 0.1) is 0 Å². The van der Waals surface area contributed by atoms with Gasteiger partial charge in [-0.25, -0.2) is 9.13 Å². The van der Waals surface area contributed by atoms with Crippen molar-refractivity contribution in [3.8, 4) is 11.4 Å². The van der Waals surface area contributed by atoms with E-state index >= 15 is 0 Å². The lowest BCUT2D eigenvalue weighted by atomic mass is 10.3. The van der Waals surface area contributed by atoms with Gasteiger partial charge < -0.3 is 10.4 Å². The molecule has 0 aliphatic rings. The Morgan fingerprint density at radius 1 is 0.667 bits per heavy atom. The Morgan fingerprint density at radius 2 is 1.07 bits per heavy atom. The third-order valence-corrected chi connectivity index (χ3v) is 4.87. The van der Waals surface area contributed by atoms with Gasteiger partial charge in [0.1, 0.15) is 49.3 Å². The van der Waals surface area contributed by atoms with Gasteiger partial charge in [0, 0.05) is 0 Å². The first-order chi connectivity index (χ1) is 14.8. The molecule has 0 unspecified atom stereocenters. The van der Waals surface area contributed by atoms with Gasteiger partial charge in [-0.3, -0.25) is 0 Å². The molecular weight excluding hydrogens is 380 g/mol. The molecule has 150 valence electrons. The van der Waals surface area contributed by atoms with E-state index in [1.807, 2.05) is 104 Å². The quantitative estimate of drug-likeness (QED) is 0.215. The van der Waals surface area contributed by atoms with Crippen LogP contribution in [0.4, 0.5) is 0 Å². The maximum atomic E-state index is 9.15. The van der Waals surface area contributed by atoms with Gasteiger partial charge in [0.15, 0.2) is 12.4 Å². The van der Waals surface area contributed by atoms with Crippen LogP contribution in [0.1, 0.15) is 11.6 Å². The molecule has 2 aromatic heterocycles. The number of benzene rings is 2. The van der Waals surface area contributed by atoms with Gasteiger partial charge in [-0.2, -0.15) is 9.13 Å². The molecule has 0 bridgehead atoms. The second kappa shape index (κ2) is 8.87. The Hall–Kier alpha value is -4.20. The number of para-hydroxylation sites is 2. The highest BCUT2D eigenvalue weighted by Gasteiger charge is 2.21. The summed E-state index contributed by atoms with van der Waals surface area (Å²) in [5, 5.41) is 24.8. The highest BCUT2D eigenvalue weighted by molar-refractivity contribution is 5.74. The largest absolute Gasteiger partial charge is 0.411 e. The monoisotopic (exact) mass is 402 g/mol. The molecule has 0 fully saturated rings. The number of aryl methyl sites for hydroxylation is 2. The van der Waals surface area contributed by atoms with Crippen molar-refractivity contribution >= 4 is 12.4 Å². The highest BCUT2D eigenvalue weighted by Crippen LogP contribution is 2.09. The van der Waals surface area contributed by atoms with Gasteiger partial charge in [-0.15, -0.1) is 0 Å². The summed E-state index contributed by atoms with van der Waals surface area (Å²) in [6.07, 6.45) is 10.6. The number of hydrogen-bond donors (Lipinski definition) is 2. The predicted octanol–water partition coefficient (Wildman–Crippen LogP) is 2.16. The fourth-order valence-corrected chi connectivity index (χ4v) is 3.46. The molecule has 2 aromatic carbocycles. The van der Waals surface area contributed by atoms with Gasteiger partial charge in [0.05, 0.1) is 0 Å². The Labute approximate surface area is 173 Å².